The molecule has 1 aliphatic heterocycles. The summed E-state index contributed by atoms with van der Waals surface area (Å²) >= 11 is 0. The Labute approximate surface area is 328 Å². The highest BCUT2D eigenvalue weighted by Gasteiger charge is 2.51. The Morgan fingerprint density at radius 3 is 2.25 bits per heavy atom. The monoisotopic (exact) mass is 801 g/mol. The minimum Gasteiger partial charge on any atom is -0.479 e. The van der Waals surface area contributed by atoms with Gasteiger partial charge in [0.05, 0.1) is 31.5 Å². The van der Waals surface area contributed by atoms with Gasteiger partial charge in [-0.05, 0) is 50.9 Å². The highest BCUT2D eigenvalue weighted by Crippen LogP contribution is 2.39. The van der Waals surface area contributed by atoms with Crippen molar-refractivity contribution in [2.24, 2.45) is 17.8 Å². The van der Waals surface area contributed by atoms with Crippen molar-refractivity contribution >= 4 is 23.7 Å². The van der Waals surface area contributed by atoms with E-state index in [1.165, 1.54) is 13.8 Å². The van der Waals surface area contributed by atoms with Gasteiger partial charge in [0.2, 0.25) is 11.8 Å². The lowest BCUT2D eigenvalue weighted by Gasteiger charge is -2.48. The number of terminal acetylenes is 1. The Hall–Kier alpha value is -2.96. The molecule has 0 aromatic heterocycles. The molecule has 320 valence electrons. The van der Waals surface area contributed by atoms with Crippen LogP contribution in [0.1, 0.15) is 85.5 Å². The van der Waals surface area contributed by atoms with Gasteiger partial charge in [0.25, 0.3) is 5.91 Å². The summed E-state index contributed by atoms with van der Waals surface area (Å²) in [6.45, 7) is 4.96. The van der Waals surface area contributed by atoms with Crippen LogP contribution in [0.4, 0.5) is 0 Å². The lowest BCUT2D eigenvalue weighted by Crippen LogP contribution is -2.67. The molecule has 3 rings (SSSR count). The fourth-order valence-electron chi connectivity index (χ4n) is 7.91. The molecule has 0 aromatic carbocycles. The van der Waals surface area contributed by atoms with Crippen molar-refractivity contribution < 1.29 is 73.5 Å². The molecule has 3 fully saturated rings. The van der Waals surface area contributed by atoms with Gasteiger partial charge >= 0.3 is 5.97 Å². The number of carboxylic acids is 1. The summed E-state index contributed by atoms with van der Waals surface area (Å²) in [5.74, 6) is -1.75. The van der Waals surface area contributed by atoms with Gasteiger partial charge in [-0.25, -0.2) is 4.79 Å². The fourth-order valence-corrected chi connectivity index (χ4v) is 7.91. The number of ether oxygens (including phenoxy) is 5. The molecule has 2 saturated carbocycles. The number of carboxylic acid groups (broad SMARTS) is 1. The molecular weight excluding hydrogens is 738 g/mol. The minimum absolute atomic E-state index is 0.0434. The Kier molecular flexibility index (Phi) is 19.9. The van der Waals surface area contributed by atoms with Crippen LogP contribution in [-0.2, 0) is 42.9 Å². The van der Waals surface area contributed by atoms with Crippen molar-refractivity contribution in [2.75, 3.05) is 26.3 Å². The largest absolute Gasteiger partial charge is 0.479 e. The van der Waals surface area contributed by atoms with Crippen LogP contribution in [0.25, 0.3) is 0 Å². The maximum absolute atomic E-state index is 13.5. The van der Waals surface area contributed by atoms with Gasteiger partial charge < -0.3 is 70.3 Å². The zero-order valence-electron chi connectivity index (χ0n) is 32.8. The molecule has 2 aliphatic carbocycles. The highest BCUT2D eigenvalue weighted by atomic mass is 16.7. The van der Waals surface area contributed by atoms with Crippen LogP contribution in [0.15, 0.2) is 0 Å². The summed E-state index contributed by atoms with van der Waals surface area (Å²) in [6.07, 6.45) is -2.95. The van der Waals surface area contributed by atoms with Crippen molar-refractivity contribution in [1.29, 1.82) is 0 Å². The minimum atomic E-state index is -1.57. The molecule has 3 amide bonds. The number of hydrogen-bond donors (Lipinski definition) is 9. The Morgan fingerprint density at radius 1 is 0.982 bits per heavy atom. The second-order valence-electron chi connectivity index (χ2n) is 15.1. The third-order valence-corrected chi connectivity index (χ3v) is 10.9. The summed E-state index contributed by atoms with van der Waals surface area (Å²) in [6, 6.07) is -1.28. The topological polar surface area (TPSA) is 272 Å². The quantitative estimate of drug-likeness (QED) is 0.0380. The summed E-state index contributed by atoms with van der Waals surface area (Å²) in [7, 11) is 0. The molecule has 18 heteroatoms. The van der Waals surface area contributed by atoms with Gasteiger partial charge in [-0.2, -0.15) is 0 Å². The number of rotatable bonds is 21. The Balaban J connectivity index is 1.95. The van der Waals surface area contributed by atoms with E-state index in [0.29, 0.717) is 12.8 Å². The van der Waals surface area contributed by atoms with E-state index in [9.17, 15) is 49.8 Å². The number of aliphatic hydroxyl groups is 5. The van der Waals surface area contributed by atoms with Crippen molar-refractivity contribution in [1.82, 2.24) is 16.0 Å². The smallest absolute Gasteiger partial charge is 0.332 e. The number of carbonyl (C=O) groups is 4. The third kappa shape index (κ3) is 13.9. The molecule has 0 bridgehead atoms. The van der Waals surface area contributed by atoms with E-state index in [1.807, 2.05) is 12.8 Å². The van der Waals surface area contributed by atoms with Crippen LogP contribution in [-0.4, -0.2) is 154 Å². The van der Waals surface area contributed by atoms with E-state index in [4.69, 9.17) is 30.1 Å². The Bertz CT molecular complexity index is 1300. The van der Waals surface area contributed by atoms with Crippen molar-refractivity contribution in [3.8, 4) is 12.3 Å². The molecule has 0 radical (unpaired) electrons. The normalized spacial score (nSPS) is 31.2. The lowest BCUT2D eigenvalue weighted by atomic mass is 9.75. The van der Waals surface area contributed by atoms with Crippen LogP contribution >= 0.6 is 0 Å². The summed E-state index contributed by atoms with van der Waals surface area (Å²) < 4.78 is 31.1. The first-order valence-corrected chi connectivity index (χ1v) is 19.7. The molecule has 9 N–H and O–H groups in total. The van der Waals surface area contributed by atoms with Crippen molar-refractivity contribution in [2.45, 2.75) is 159 Å². The van der Waals surface area contributed by atoms with Gasteiger partial charge in [0.1, 0.15) is 36.6 Å². The van der Waals surface area contributed by atoms with E-state index < -0.39 is 110 Å². The first-order chi connectivity index (χ1) is 26.6. The third-order valence-electron chi connectivity index (χ3n) is 10.9. The summed E-state index contributed by atoms with van der Waals surface area (Å²) in [5.41, 5.74) is 0. The number of nitrogens with one attached hydrogen (secondary N) is 3. The second kappa shape index (κ2) is 23.4. The fraction of sp³-hybridized carbons (Fsp3) is 0.842. The standard InChI is InChI=1S/C38H63N3O15/c1-6-24-16-25(36(49)40-14-13-39-30(46)7-2)17-27(34(24)53-22(5)52-20(3)32(47)26(45)18-42)55-38-31(41-21(4)44)35(33(48)29(19-43)56-38)54-28(37(50)51)15-23-11-9-8-10-12-23/h2,20,22-29,31-35,38,42-43,45,47-48H,6,8-19H2,1,3-5H3,(H,39,46)(H,40,49)(H,41,44)(H,50,51)/t20?,22-,24+,25?,26+,27?,28-,29-,31?,32?,33?,34?,35?,38+/m0/s1. The van der Waals surface area contributed by atoms with Gasteiger partial charge in [-0.1, -0.05) is 45.4 Å². The molecule has 3 aliphatic rings. The van der Waals surface area contributed by atoms with Gasteiger partial charge in [-0.3, -0.25) is 14.4 Å². The Morgan fingerprint density at radius 2 is 1.66 bits per heavy atom. The summed E-state index contributed by atoms with van der Waals surface area (Å²) in [5, 5.41) is 69.5. The number of aliphatic hydroxyl groups excluding tert-OH is 5. The lowest BCUT2D eigenvalue weighted by molar-refractivity contribution is -0.315. The molecule has 8 unspecified atom stereocenters. The molecule has 56 heavy (non-hydrogen) atoms. The van der Waals surface area contributed by atoms with Crippen LogP contribution in [0.2, 0.25) is 0 Å². The molecular formula is C38H63N3O15. The number of carbonyl (C=O) groups excluding carboxylic acids is 3. The second-order valence-corrected chi connectivity index (χ2v) is 15.1. The average Bonchev–Trinajstić information content (AvgIpc) is 3.17. The molecule has 1 saturated heterocycles. The van der Waals surface area contributed by atoms with Gasteiger partial charge in [0.15, 0.2) is 18.7 Å². The molecule has 14 atom stereocenters. The van der Waals surface area contributed by atoms with Gasteiger partial charge in [-0.15, -0.1) is 6.42 Å². The maximum Gasteiger partial charge on any atom is 0.332 e. The van der Waals surface area contributed by atoms with Crippen LogP contribution < -0.4 is 16.0 Å². The first-order valence-electron chi connectivity index (χ1n) is 19.7. The van der Waals surface area contributed by atoms with Crippen LogP contribution in [0, 0.1) is 30.1 Å². The van der Waals surface area contributed by atoms with E-state index >= 15 is 0 Å². The SMILES string of the molecule is C#CC(=O)NCCNC(=O)C1CC(O[C@@H]2O[C@@H](CO)C(O)C(O[C@@H](CC3CCCCC3)C(=O)O)C2NC(C)=O)C(O[C@@H](C)OC(C)C(O)[C@H](O)CO)[C@H](CC)C1. The molecule has 0 spiro atoms. The predicted molar refractivity (Wildman–Crippen MR) is 197 cm³/mol. The molecule has 0 aromatic rings. The zero-order valence-corrected chi connectivity index (χ0v) is 32.8. The maximum atomic E-state index is 13.5. The zero-order chi connectivity index (χ0) is 41.5. The first kappa shape index (κ1) is 47.4. The van der Waals surface area contributed by atoms with Gasteiger partial charge in [0, 0.05) is 25.9 Å². The van der Waals surface area contributed by atoms with E-state index in [1.54, 1.807) is 6.92 Å². The number of aliphatic carboxylic acids is 1. The van der Waals surface area contributed by atoms with Crippen LogP contribution in [0.3, 0.4) is 0 Å². The predicted octanol–water partition coefficient (Wildman–Crippen LogP) is -1.08. The summed E-state index contributed by atoms with van der Waals surface area (Å²) in [4.78, 5) is 50.1. The van der Waals surface area contributed by atoms with E-state index in [0.717, 1.165) is 32.1 Å². The number of amides is 3. The van der Waals surface area contributed by atoms with Crippen LogP contribution in [0.5, 0.6) is 0 Å². The number of hydrogen-bond acceptors (Lipinski definition) is 14. The average molecular weight is 802 g/mol. The van der Waals surface area contributed by atoms with Crippen molar-refractivity contribution in [3.63, 3.8) is 0 Å². The van der Waals surface area contributed by atoms with Crippen molar-refractivity contribution in [3.05, 3.63) is 0 Å². The van der Waals surface area contributed by atoms with E-state index in [2.05, 4.69) is 16.0 Å². The van der Waals surface area contributed by atoms with E-state index in [-0.39, 0.29) is 43.7 Å². The molecule has 1 heterocycles. The highest BCUT2D eigenvalue weighted by molar-refractivity contribution is 5.92. The molecule has 18 nitrogen and oxygen atoms in total.